The number of fused-ring (bicyclic) bond motifs is 1. The van der Waals surface area contributed by atoms with Crippen molar-refractivity contribution in [3.63, 3.8) is 0 Å². The Labute approximate surface area is 201 Å². The van der Waals surface area contributed by atoms with Crippen LogP contribution in [-0.2, 0) is 17.9 Å². The minimum atomic E-state index is -0.212. The zero-order chi connectivity index (χ0) is 24.2. The molecule has 3 heterocycles. The summed E-state index contributed by atoms with van der Waals surface area (Å²) >= 11 is 0. The number of aryl methyl sites for hydroxylation is 2. The third kappa shape index (κ3) is 5.09. The molecule has 1 aromatic carbocycles. The van der Waals surface area contributed by atoms with Gasteiger partial charge in [-0.15, -0.1) is 0 Å². The SMILES string of the molecule is Cc1c2cnn(CC(=O)NCCCN3[C@H](C)CCC[C@H]3C)c(=O)c2c(C)n1Cc1ccccc1. The summed E-state index contributed by atoms with van der Waals surface area (Å²) in [5, 5.41) is 8.77. The second-order valence-corrected chi connectivity index (χ2v) is 9.71. The molecule has 7 nitrogen and oxygen atoms in total. The number of rotatable bonds is 8. The standard InChI is InChI=1S/C27H37N5O2/c1-19-10-8-11-20(2)30(19)15-9-14-28-25(33)18-32-27(34)26-22(4)31(21(3)24(26)16-29-32)17-23-12-6-5-7-13-23/h5-7,12-13,16,19-20H,8-11,14-15,17-18H2,1-4H3,(H,28,33)/t19-,20-/m1/s1. The predicted octanol–water partition coefficient (Wildman–Crippen LogP) is 3.63. The fourth-order valence-corrected chi connectivity index (χ4v) is 5.36. The molecule has 4 rings (SSSR count). The first kappa shape index (κ1) is 24.2. The Morgan fingerprint density at radius 3 is 2.50 bits per heavy atom. The van der Waals surface area contributed by atoms with E-state index in [2.05, 4.69) is 45.9 Å². The molecule has 0 aliphatic carbocycles. The third-order valence-electron chi connectivity index (χ3n) is 7.37. The van der Waals surface area contributed by atoms with Crippen LogP contribution in [0.2, 0.25) is 0 Å². The number of benzene rings is 1. The number of nitrogens with one attached hydrogen (secondary N) is 1. The molecule has 0 unspecified atom stereocenters. The van der Waals surface area contributed by atoms with Crippen LogP contribution in [-0.4, -0.2) is 50.3 Å². The second kappa shape index (κ2) is 10.6. The molecule has 182 valence electrons. The van der Waals surface area contributed by atoms with Gasteiger partial charge in [-0.25, -0.2) is 4.68 Å². The van der Waals surface area contributed by atoms with Gasteiger partial charge in [0.25, 0.3) is 5.56 Å². The number of carbonyl (C=O) groups excluding carboxylic acids is 1. The Balaban J connectivity index is 1.40. The van der Waals surface area contributed by atoms with Crippen molar-refractivity contribution >= 4 is 16.7 Å². The average Bonchev–Trinajstić information content (AvgIpc) is 3.06. The lowest BCUT2D eigenvalue weighted by atomic mass is 9.97. The number of piperidine rings is 1. The average molecular weight is 464 g/mol. The van der Waals surface area contributed by atoms with Crippen molar-refractivity contribution in [3.05, 3.63) is 63.8 Å². The Morgan fingerprint density at radius 1 is 1.09 bits per heavy atom. The number of nitrogens with zero attached hydrogens (tertiary/aromatic N) is 4. The smallest absolute Gasteiger partial charge is 0.276 e. The van der Waals surface area contributed by atoms with Crippen LogP contribution in [0.5, 0.6) is 0 Å². The van der Waals surface area contributed by atoms with Gasteiger partial charge in [-0.2, -0.15) is 5.10 Å². The van der Waals surface area contributed by atoms with E-state index < -0.39 is 0 Å². The molecule has 2 aromatic heterocycles. The van der Waals surface area contributed by atoms with Crippen molar-refractivity contribution in [2.24, 2.45) is 0 Å². The van der Waals surface area contributed by atoms with Gasteiger partial charge in [-0.3, -0.25) is 14.5 Å². The van der Waals surface area contributed by atoms with Gasteiger partial charge in [0.05, 0.1) is 11.6 Å². The normalized spacial score (nSPS) is 18.9. The monoisotopic (exact) mass is 463 g/mol. The molecule has 0 radical (unpaired) electrons. The summed E-state index contributed by atoms with van der Waals surface area (Å²) in [6.07, 6.45) is 6.42. The van der Waals surface area contributed by atoms with Gasteiger partial charge in [0.1, 0.15) is 6.54 Å². The van der Waals surface area contributed by atoms with Crippen LogP contribution in [0, 0.1) is 13.8 Å². The van der Waals surface area contributed by atoms with Crippen molar-refractivity contribution in [1.29, 1.82) is 0 Å². The molecule has 7 heteroatoms. The predicted molar refractivity (Wildman–Crippen MR) is 136 cm³/mol. The van der Waals surface area contributed by atoms with Crippen molar-refractivity contribution in [2.75, 3.05) is 13.1 Å². The van der Waals surface area contributed by atoms with Gasteiger partial charge < -0.3 is 9.88 Å². The maximum absolute atomic E-state index is 13.2. The first-order valence-corrected chi connectivity index (χ1v) is 12.5. The van der Waals surface area contributed by atoms with Gasteiger partial charge in [0.15, 0.2) is 0 Å². The van der Waals surface area contributed by atoms with Gasteiger partial charge in [-0.05, 0) is 52.5 Å². The Morgan fingerprint density at radius 2 is 1.79 bits per heavy atom. The van der Waals surface area contributed by atoms with Crippen molar-refractivity contribution in [3.8, 4) is 0 Å². The molecule has 1 saturated heterocycles. The van der Waals surface area contributed by atoms with E-state index in [0.717, 1.165) is 29.7 Å². The fraction of sp³-hybridized carbons (Fsp3) is 0.519. The van der Waals surface area contributed by atoms with Crippen LogP contribution in [0.15, 0.2) is 41.3 Å². The largest absolute Gasteiger partial charge is 0.354 e. The van der Waals surface area contributed by atoms with Gasteiger partial charge in [0, 0.05) is 48.5 Å². The van der Waals surface area contributed by atoms with Crippen LogP contribution >= 0.6 is 0 Å². The number of aromatic nitrogens is 3. The van der Waals surface area contributed by atoms with E-state index in [4.69, 9.17) is 0 Å². The van der Waals surface area contributed by atoms with E-state index in [-0.39, 0.29) is 18.0 Å². The highest BCUT2D eigenvalue weighted by molar-refractivity contribution is 5.87. The van der Waals surface area contributed by atoms with Crippen LogP contribution in [0.1, 0.15) is 56.5 Å². The quantitative estimate of drug-likeness (QED) is 0.518. The van der Waals surface area contributed by atoms with Crippen molar-refractivity contribution < 1.29 is 4.79 Å². The third-order valence-corrected chi connectivity index (χ3v) is 7.37. The molecule has 1 aliphatic rings. The topological polar surface area (TPSA) is 72.2 Å². The zero-order valence-corrected chi connectivity index (χ0v) is 20.9. The molecule has 1 fully saturated rings. The van der Waals surface area contributed by atoms with E-state index in [1.807, 2.05) is 32.0 Å². The minimum absolute atomic E-state index is 0.0619. The number of hydrogen-bond donors (Lipinski definition) is 1. The summed E-state index contributed by atoms with van der Waals surface area (Å²) in [7, 11) is 0. The number of hydrogen-bond acceptors (Lipinski definition) is 4. The van der Waals surface area contributed by atoms with E-state index in [1.54, 1.807) is 6.20 Å². The maximum Gasteiger partial charge on any atom is 0.276 e. The number of carbonyl (C=O) groups is 1. The van der Waals surface area contributed by atoms with Gasteiger partial charge >= 0.3 is 0 Å². The van der Waals surface area contributed by atoms with E-state index in [9.17, 15) is 9.59 Å². The summed E-state index contributed by atoms with van der Waals surface area (Å²) in [5.74, 6) is -0.174. The number of amides is 1. The zero-order valence-electron chi connectivity index (χ0n) is 20.9. The molecule has 0 saturated carbocycles. The first-order chi connectivity index (χ1) is 16.4. The Bertz CT molecular complexity index is 1190. The second-order valence-electron chi connectivity index (χ2n) is 9.71. The van der Waals surface area contributed by atoms with E-state index >= 15 is 0 Å². The van der Waals surface area contributed by atoms with Gasteiger partial charge in [0.2, 0.25) is 5.91 Å². The molecular formula is C27H37N5O2. The Hall–Kier alpha value is -2.93. The molecule has 0 bridgehead atoms. The van der Waals surface area contributed by atoms with Crippen LogP contribution in [0.4, 0.5) is 0 Å². The number of likely N-dealkylation sites (tertiary alicyclic amines) is 1. The van der Waals surface area contributed by atoms with Crippen LogP contribution in [0.3, 0.4) is 0 Å². The van der Waals surface area contributed by atoms with Crippen molar-refractivity contribution in [1.82, 2.24) is 24.6 Å². The lowest BCUT2D eigenvalue weighted by molar-refractivity contribution is -0.121. The van der Waals surface area contributed by atoms with Crippen molar-refractivity contribution in [2.45, 2.75) is 78.6 Å². The maximum atomic E-state index is 13.2. The summed E-state index contributed by atoms with van der Waals surface area (Å²) < 4.78 is 3.43. The molecular weight excluding hydrogens is 426 g/mol. The van der Waals surface area contributed by atoms with E-state index in [1.165, 1.54) is 29.5 Å². The molecule has 0 spiro atoms. The molecule has 1 aliphatic heterocycles. The summed E-state index contributed by atoms with van der Waals surface area (Å²) in [6.45, 7) is 10.8. The first-order valence-electron chi connectivity index (χ1n) is 12.5. The highest BCUT2D eigenvalue weighted by Gasteiger charge is 2.24. The van der Waals surface area contributed by atoms with E-state index in [0.29, 0.717) is 30.6 Å². The summed E-state index contributed by atoms with van der Waals surface area (Å²) in [4.78, 5) is 28.3. The molecule has 34 heavy (non-hydrogen) atoms. The molecule has 1 N–H and O–H groups in total. The van der Waals surface area contributed by atoms with Gasteiger partial charge in [-0.1, -0.05) is 36.8 Å². The highest BCUT2D eigenvalue weighted by atomic mass is 16.2. The minimum Gasteiger partial charge on any atom is -0.354 e. The fourth-order valence-electron chi connectivity index (χ4n) is 5.36. The molecule has 2 atom stereocenters. The lowest BCUT2D eigenvalue weighted by Gasteiger charge is -2.39. The highest BCUT2D eigenvalue weighted by Crippen LogP contribution is 2.23. The lowest BCUT2D eigenvalue weighted by Crippen LogP contribution is -2.45. The summed E-state index contributed by atoms with van der Waals surface area (Å²) in [5.41, 5.74) is 2.88. The van der Waals surface area contributed by atoms with Crippen LogP contribution < -0.4 is 10.9 Å². The van der Waals surface area contributed by atoms with Crippen LogP contribution in [0.25, 0.3) is 10.8 Å². The molecule has 3 aromatic rings. The summed E-state index contributed by atoms with van der Waals surface area (Å²) in [6, 6.07) is 11.4. The molecule has 1 amide bonds. The Kier molecular flexibility index (Phi) is 7.51.